The Hall–Kier alpha value is -2.68. The van der Waals surface area contributed by atoms with Crippen LogP contribution in [0.1, 0.15) is 71.8 Å². The molecule has 1 aromatic heterocycles. The standard InChI is InChI=1S/C25H39N5O4/c1-15-6-11-20(17-7-9-18(26)10-8-17)30(14-15)23(32)22(31)28-19-12-16(2)21(27-13-19)29-24(33)34-25(3,4)5/h12-13,15,17-18,20H,6-11,14,26H2,1-5H3,(H,28,31)(H,27,29,33)/t15-,17?,18?,20+/m1/s1. The lowest BCUT2D eigenvalue weighted by atomic mass is 9.77. The lowest BCUT2D eigenvalue weighted by Gasteiger charge is -2.44. The van der Waals surface area contributed by atoms with E-state index in [1.807, 2.05) is 0 Å². The van der Waals surface area contributed by atoms with Gasteiger partial charge in [-0.2, -0.15) is 0 Å². The van der Waals surface area contributed by atoms with Crippen molar-refractivity contribution in [3.05, 3.63) is 17.8 Å². The number of nitrogens with two attached hydrogens (primary N) is 1. The molecule has 9 heteroatoms. The number of carbonyl (C=O) groups excluding carboxylic acids is 3. The normalized spacial score (nSPS) is 25.4. The number of anilines is 2. The van der Waals surface area contributed by atoms with Crippen LogP contribution in [-0.2, 0) is 14.3 Å². The average Bonchev–Trinajstić information content (AvgIpc) is 2.74. The molecule has 0 bridgehead atoms. The summed E-state index contributed by atoms with van der Waals surface area (Å²) in [6, 6.07) is 2.00. The Kier molecular flexibility index (Phi) is 8.17. The smallest absolute Gasteiger partial charge is 0.413 e. The quantitative estimate of drug-likeness (QED) is 0.573. The Balaban J connectivity index is 1.64. The van der Waals surface area contributed by atoms with E-state index >= 15 is 0 Å². The number of hydrogen-bond donors (Lipinski definition) is 3. The van der Waals surface area contributed by atoms with Gasteiger partial charge in [-0.3, -0.25) is 14.9 Å². The SMILES string of the molecule is Cc1cc(NC(=O)C(=O)N2C[C@H](C)CC[C@H]2C2CCC(N)CC2)cnc1NC(=O)OC(C)(C)C. The highest BCUT2D eigenvalue weighted by Crippen LogP contribution is 2.35. The molecular weight excluding hydrogens is 434 g/mol. The molecular formula is C25H39N5O4. The first-order chi connectivity index (χ1) is 15.9. The van der Waals surface area contributed by atoms with Gasteiger partial charge < -0.3 is 20.7 Å². The predicted octanol–water partition coefficient (Wildman–Crippen LogP) is 3.82. The van der Waals surface area contributed by atoms with Crippen molar-refractivity contribution < 1.29 is 19.1 Å². The van der Waals surface area contributed by atoms with E-state index in [1.54, 1.807) is 38.7 Å². The zero-order valence-corrected chi connectivity index (χ0v) is 21.0. The van der Waals surface area contributed by atoms with Gasteiger partial charge >= 0.3 is 17.9 Å². The van der Waals surface area contributed by atoms with Crippen molar-refractivity contribution in [1.82, 2.24) is 9.88 Å². The maximum absolute atomic E-state index is 13.2. The number of carbonyl (C=O) groups is 3. The number of nitrogens with zero attached hydrogens (tertiary/aromatic N) is 2. The van der Waals surface area contributed by atoms with E-state index in [9.17, 15) is 14.4 Å². The average molecular weight is 474 g/mol. The Morgan fingerprint density at radius 1 is 1.09 bits per heavy atom. The minimum atomic E-state index is -0.666. The number of amides is 3. The van der Waals surface area contributed by atoms with Gasteiger partial charge in [-0.05, 0) is 89.7 Å². The molecule has 0 spiro atoms. The van der Waals surface area contributed by atoms with Gasteiger partial charge in [-0.25, -0.2) is 9.78 Å². The molecule has 2 aliphatic rings. The van der Waals surface area contributed by atoms with Gasteiger partial charge in [0.25, 0.3) is 0 Å². The second-order valence-corrected chi connectivity index (χ2v) is 10.9. The van der Waals surface area contributed by atoms with Crippen LogP contribution >= 0.6 is 0 Å². The van der Waals surface area contributed by atoms with Gasteiger partial charge in [-0.1, -0.05) is 6.92 Å². The van der Waals surface area contributed by atoms with Crippen LogP contribution in [-0.4, -0.2) is 52.0 Å². The molecule has 0 radical (unpaired) electrons. The van der Waals surface area contributed by atoms with Crippen molar-refractivity contribution in [3.63, 3.8) is 0 Å². The lowest BCUT2D eigenvalue weighted by Crippen LogP contribution is -2.53. The third-order valence-electron chi connectivity index (χ3n) is 6.64. The van der Waals surface area contributed by atoms with Gasteiger partial charge in [0, 0.05) is 18.6 Å². The van der Waals surface area contributed by atoms with Gasteiger partial charge in [0.2, 0.25) is 0 Å². The minimum Gasteiger partial charge on any atom is -0.444 e. The molecule has 1 aliphatic carbocycles. The van der Waals surface area contributed by atoms with Crippen LogP contribution in [0.3, 0.4) is 0 Å². The molecule has 1 saturated carbocycles. The summed E-state index contributed by atoms with van der Waals surface area (Å²) in [7, 11) is 0. The summed E-state index contributed by atoms with van der Waals surface area (Å²) < 4.78 is 5.25. The molecule has 9 nitrogen and oxygen atoms in total. The molecule has 34 heavy (non-hydrogen) atoms. The van der Waals surface area contributed by atoms with E-state index in [4.69, 9.17) is 10.5 Å². The van der Waals surface area contributed by atoms with Gasteiger partial charge in [0.05, 0.1) is 11.9 Å². The third kappa shape index (κ3) is 6.91. The number of ether oxygens (including phenoxy) is 1. The highest BCUT2D eigenvalue weighted by atomic mass is 16.6. The molecule has 2 heterocycles. The van der Waals surface area contributed by atoms with E-state index in [1.165, 1.54) is 6.20 Å². The Morgan fingerprint density at radius 2 is 1.76 bits per heavy atom. The molecule has 3 amide bonds. The number of piperidine rings is 1. The number of pyridine rings is 1. The van der Waals surface area contributed by atoms with Gasteiger partial charge in [-0.15, -0.1) is 0 Å². The van der Waals surface area contributed by atoms with Crippen LogP contribution in [0.5, 0.6) is 0 Å². The summed E-state index contributed by atoms with van der Waals surface area (Å²) in [5, 5.41) is 5.29. The highest BCUT2D eigenvalue weighted by Gasteiger charge is 2.38. The molecule has 0 aromatic carbocycles. The van der Waals surface area contributed by atoms with E-state index in [2.05, 4.69) is 22.5 Å². The summed E-state index contributed by atoms with van der Waals surface area (Å²) in [5.74, 6) is -0.0770. The molecule has 1 saturated heterocycles. The molecule has 2 fully saturated rings. The van der Waals surface area contributed by atoms with Crippen molar-refractivity contribution in [1.29, 1.82) is 0 Å². The maximum Gasteiger partial charge on any atom is 0.413 e. The summed E-state index contributed by atoms with van der Waals surface area (Å²) in [6.45, 7) is 9.80. The first-order valence-corrected chi connectivity index (χ1v) is 12.3. The highest BCUT2D eigenvalue weighted by molar-refractivity contribution is 6.39. The number of aromatic nitrogens is 1. The van der Waals surface area contributed by atoms with Gasteiger partial charge in [0.15, 0.2) is 0 Å². The summed E-state index contributed by atoms with van der Waals surface area (Å²) in [4.78, 5) is 44.1. The molecule has 188 valence electrons. The van der Waals surface area contributed by atoms with E-state index in [-0.39, 0.29) is 12.1 Å². The van der Waals surface area contributed by atoms with E-state index < -0.39 is 23.5 Å². The third-order valence-corrected chi connectivity index (χ3v) is 6.64. The molecule has 0 unspecified atom stereocenters. The van der Waals surface area contributed by atoms with Crippen molar-refractivity contribution in [2.45, 2.75) is 90.8 Å². The minimum absolute atomic E-state index is 0.0854. The van der Waals surface area contributed by atoms with Crippen LogP contribution in [0.4, 0.5) is 16.3 Å². The second-order valence-electron chi connectivity index (χ2n) is 10.9. The summed E-state index contributed by atoms with van der Waals surface area (Å²) >= 11 is 0. The number of hydrogen-bond acceptors (Lipinski definition) is 6. The topological polar surface area (TPSA) is 127 Å². The molecule has 1 aromatic rings. The Morgan fingerprint density at radius 3 is 2.38 bits per heavy atom. The fraction of sp³-hybridized carbons (Fsp3) is 0.680. The fourth-order valence-corrected chi connectivity index (χ4v) is 4.92. The first kappa shape index (κ1) is 25.9. The second kappa shape index (κ2) is 10.7. The first-order valence-electron chi connectivity index (χ1n) is 12.3. The predicted molar refractivity (Wildman–Crippen MR) is 131 cm³/mol. The monoisotopic (exact) mass is 473 g/mol. The zero-order valence-electron chi connectivity index (χ0n) is 21.0. The number of likely N-dealkylation sites (tertiary alicyclic amines) is 1. The Labute approximate surface area is 202 Å². The largest absolute Gasteiger partial charge is 0.444 e. The summed E-state index contributed by atoms with van der Waals surface area (Å²) in [5.41, 5.74) is 6.48. The fourth-order valence-electron chi connectivity index (χ4n) is 4.92. The van der Waals surface area contributed by atoms with Crippen molar-refractivity contribution in [3.8, 4) is 0 Å². The van der Waals surface area contributed by atoms with E-state index in [0.717, 1.165) is 38.5 Å². The molecule has 3 rings (SSSR count). The van der Waals surface area contributed by atoms with Crippen LogP contribution < -0.4 is 16.4 Å². The van der Waals surface area contributed by atoms with Crippen LogP contribution in [0.25, 0.3) is 0 Å². The van der Waals surface area contributed by atoms with Gasteiger partial charge in [0.1, 0.15) is 11.4 Å². The summed E-state index contributed by atoms with van der Waals surface area (Å²) in [6.07, 6.45) is 6.74. The molecule has 4 N–H and O–H groups in total. The Bertz CT molecular complexity index is 905. The molecule has 2 atom stereocenters. The number of rotatable bonds is 3. The van der Waals surface area contributed by atoms with Crippen LogP contribution in [0, 0.1) is 18.8 Å². The maximum atomic E-state index is 13.2. The van der Waals surface area contributed by atoms with E-state index in [0.29, 0.717) is 35.4 Å². The van der Waals surface area contributed by atoms with Crippen LogP contribution in [0.2, 0.25) is 0 Å². The number of nitrogens with one attached hydrogen (secondary N) is 2. The van der Waals surface area contributed by atoms with Crippen LogP contribution in [0.15, 0.2) is 12.3 Å². The molecule has 1 aliphatic heterocycles. The van der Waals surface area contributed by atoms with Crippen molar-refractivity contribution in [2.75, 3.05) is 17.2 Å². The zero-order chi connectivity index (χ0) is 25.0. The van der Waals surface area contributed by atoms with Crippen molar-refractivity contribution in [2.24, 2.45) is 17.6 Å². The number of aryl methyl sites for hydroxylation is 1. The lowest BCUT2D eigenvalue weighted by molar-refractivity contribution is -0.147. The van der Waals surface area contributed by atoms with Crippen molar-refractivity contribution >= 4 is 29.4 Å².